The van der Waals surface area contributed by atoms with Crippen LogP contribution in [-0.2, 0) is 6.54 Å². The number of aromatic nitrogens is 1. The first kappa shape index (κ1) is 14.3. The Balaban J connectivity index is 1.60. The van der Waals surface area contributed by atoms with Crippen LogP contribution in [0.3, 0.4) is 0 Å². The highest BCUT2D eigenvalue weighted by Gasteiger charge is 2.22. The van der Waals surface area contributed by atoms with Gasteiger partial charge in [0.1, 0.15) is 6.26 Å². The molecule has 2 heterocycles. The maximum Gasteiger partial charge on any atom is 0.273 e. The van der Waals surface area contributed by atoms with Crippen molar-refractivity contribution in [3.05, 3.63) is 52.1 Å². The van der Waals surface area contributed by atoms with Crippen LogP contribution in [-0.4, -0.2) is 17.4 Å². The summed E-state index contributed by atoms with van der Waals surface area (Å²) in [5.74, 6) is 0.378. The molecule has 1 aliphatic rings. The molecular formula is C15H16BrN3O2. The molecule has 1 fully saturated rings. The summed E-state index contributed by atoms with van der Waals surface area (Å²) in [7, 11) is 0. The number of oxazole rings is 1. The van der Waals surface area contributed by atoms with Crippen molar-refractivity contribution in [2.75, 3.05) is 6.54 Å². The molecule has 6 heteroatoms. The Morgan fingerprint density at radius 1 is 1.52 bits per heavy atom. The Morgan fingerprint density at radius 2 is 2.43 bits per heavy atom. The number of amides is 1. The van der Waals surface area contributed by atoms with Gasteiger partial charge >= 0.3 is 0 Å². The van der Waals surface area contributed by atoms with Crippen LogP contribution in [0.4, 0.5) is 0 Å². The van der Waals surface area contributed by atoms with Gasteiger partial charge < -0.3 is 15.1 Å². The highest BCUT2D eigenvalue weighted by molar-refractivity contribution is 9.10. The minimum absolute atomic E-state index is 0.136. The van der Waals surface area contributed by atoms with Gasteiger partial charge in [-0.3, -0.25) is 4.79 Å². The van der Waals surface area contributed by atoms with Crippen molar-refractivity contribution < 1.29 is 9.21 Å². The lowest BCUT2D eigenvalue weighted by Gasteiger charge is -2.04. The Labute approximate surface area is 131 Å². The van der Waals surface area contributed by atoms with Crippen LogP contribution >= 0.6 is 15.9 Å². The van der Waals surface area contributed by atoms with Crippen molar-refractivity contribution in [2.24, 2.45) is 0 Å². The van der Waals surface area contributed by atoms with Gasteiger partial charge in [0.25, 0.3) is 5.91 Å². The smallest absolute Gasteiger partial charge is 0.273 e. The maximum absolute atomic E-state index is 12.1. The summed E-state index contributed by atoms with van der Waals surface area (Å²) >= 11 is 3.41. The zero-order chi connectivity index (χ0) is 14.7. The van der Waals surface area contributed by atoms with Crippen molar-refractivity contribution in [3.8, 4) is 0 Å². The molecule has 1 aromatic heterocycles. The lowest BCUT2D eigenvalue weighted by molar-refractivity contribution is 0.0946. The van der Waals surface area contributed by atoms with Gasteiger partial charge in [0.05, 0.1) is 6.04 Å². The normalized spacial score (nSPS) is 17.9. The van der Waals surface area contributed by atoms with E-state index in [4.69, 9.17) is 4.42 Å². The SMILES string of the molecule is O=C(NCc1cccc(Br)c1)c1coc(C2CCCN2)n1. The molecule has 1 aromatic carbocycles. The molecular weight excluding hydrogens is 334 g/mol. The Morgan fingerprint density at radius 3 is 3.19 bits per heavy atom. The Kier molecular flexibility index (Phi) is 4.36. The molecule has 0 spiro atoms. The van der Waals surface area contributed by atoms with E-state index in [1.807, 2.05) is 24.3 Å². The number of benzene rings is 1. The number of halogens is 1. The molecule has 0 aliphatic carbocycles. The molecule has 110 valence electrons. The van der Waals surface area contributed by atoms with Gasteiger partial charge in [-0.1, -0.05) is 28.1 Å². The van der Waals surface area contributed by atoms with Gasteiger partial charge in [-0.05, 0) is 37.1 Å². The number of carbonyl (C=O) groups is 1. The van der Waals surface area contributed by atoms with E-state index < -0.39 is 0 Å². The lowest BCUT2D eigenvalue weighted by atomic mass is 10.2. The quantitative estimate of drug-likeness (QED) is 0.890. The zero-order valence-corrected chi connectivity index (χ0v) is 13.0. The van der Waals surface area contributed by atoms with E-state index in [0.717, 1.165) is 29.4 Å². The van der Waals surface area contributed by atoms with Gasteiger partial charge in [-0.25, -0.2) is 4.98 Å². The summed E-state index contributed by atoms with van der Waals surface area (Å²) in [6, 6.07) is 7.95. The summed E-state index contributed by atoms with van der Waals surface area (Å²) in [5, 5.41) is 6.14. The van der Waals surface area contributed by atoms with Crippen LogP contribution in [0.1, 0.15) is 40.8 Å². The van der Waals surface area contributed by atoms with Crippen LogP contribution in [0.5, 0.6) is 0 Å². The highest BCUT2D eigenvalue weighted by atomic mass is 79.9. The second-order valence-corrected chi connectivity index (χ2v) is 5.95. The van der Waals surface area contributed by atoms with Crippen LogP contribution in [0.25, 0.3) is 0 Å². The molecule has 0 bridgehead atoms. The van der Waals surface area contributed by atoms with Crippen LogP contribution < -0.4 is 10.6 Å². The third kappa shape index (κ3) is 3.51. The summed E-state index contributed by atoms with van der Waals surface area (Å²) in [4.78, 5) is 16.3. The van der Waals surface area contributed by atoms with Gasteiger partial charge in [0.15, 0.2) is 5.69 Å². The molecule has 1 atom stereocenters. The summed E-state index contributed by atoms with van der Waals surface area (Å²) in [6.07, 6.45) is 3.53. The molecule has 2 aromatic rings. The van der Waals surface area contributed by atoms with Crippen LogP contribution in [0, 0.1) is 0 Å². The standard InChI is InChI=1S/C15H16BrN3O2/c16-11-4-1-3-10(7-11)8-18-14(20)13-9-21-15(19-13)12-5-2-6-17-12/h1,3-4,7,9,12,17H,2,5-6,8H2,(H,18,20). The molecule has 5 nitrogen and oxygen atoms in total. The Bertz CT molecular complexity index is 635. The van der Waals surface area contributed by atoms with Crippen molar-refractivity contribution in [1.29, 1.82) is 0 Å². The molecule has 2 N–H and O–H groups in total. The zero-order valence-electron chi connectivity index (χ0n) is 11.4. The first-order valence-corrected chi connectivity index (χ1v) is 7.73. The van der Waals surface area contributed by atoms with E-state index in [0.29, 0.717) is 18.1 Å². The molecule has 1 amide bonds. The number of nitrogens with zero attached hydrogens (tertiary/aromatic N) is 1. The number of hydrogen-bond acceptors (Lipinski definition) is 4. The molecule has 21 heavy (non-hydrogen) atoms. The topological polar surface area (TPSA) is 67.2 Å². The van der Waals surface area contributed by atoms with E-state index in [2.05, 4.69) is 31.5 Å². The highest BCUT2D eigenvalue weighted by Crippen LogP contribution is 2.22. The van der Waals surface area contributed by atoms with E-state index in [1.165, 1.54) is 6.26 Å². The van der Waals surface area contributed by atoms with Gasteiger partial charge in [0.2, 0.25) is 5.89 Å². The first-order chi connectivity index (χ1) is 10.2. The third-order valence-electron chi connectivity index (χ3n) is 3.46. The number of nitrogens with one attached hydrogen (secondary N) is 2. The minimum atomic E-state index is -0.219. The molecule has 0 radical (unpaired) electrons. The summed E-state index contributed by atoms with van der Waals surface area (Å²) < 4.78 is 6.39. The predicted octanol–water partition coefficient (Wildman–Crippen LogP) is 2.79. The average Bonchev–Trinajstić information content (AvgIpc) is 3.15. The van der Waals surface area contributed by atoms with Crippen molar-refractivity contribution >= 4 is 21.8 Å². The van der Waals surface area contributed by atoms with Crippen molar-refractivity contribution in [3.63, 3.8) is 0 Å². The van der Waals surface area contributed by atoms with E-state index in [1.54, 1.807) is 0 Å². The first-order valence-electron chi connectivity index (χ1n) is 6.94. The lowest BCUT2D eigenvalue weighted by Crippen LogP contribution is -2.23. The molecule has 1 saturated heterocycles. The second kappa shape index (κ2) is 6.41. The summed E-state index contributed by atoms with van der Waals surface area (Å²) in [5.41, 5.74) is 1.35. The van der Waals surface area contributed by atoms with Crippen LogP contribution in [0.15, 0.2) is 39.4 Å². The fourth-order valence-electron chi connectivity index (χ4n) is 2.37. The van der Waals surface area contributed by atoms with E-state index in [9.17, 15) is 4.79 Å². The monoisotopic (exact) mass is 349 g/mol. The predicted molar refractivity (Wildman–Crippen MR) is 81.8 cm³/mol. The minimum Gasteiger partial charge on any atom is -0.446 e. The fraction of sp³-hybridized carbons (Fsp3) is 0.333. The van der Waals surface area contributed by atoms with E-state index in [-0.39, 0.29) is 11.9 Å². The number of rotatable bonds is 4. The molecule has 1 aliphatic heterocycles. The van der Waals surface area contributed by atoms with Crippen molar-refractivity contribution in [1.82, 2.24) is 15.6 Å². The number of hydrogen-bond donors (Lipinski definition) is 2. The second-order valence-electron chi connectivity index (χ2n) is 5.03. The van der Waals surface area contributed by atoms with Crippen molar-refractivity contribution in [2.45, 2.75) is 25.4 Å². The largest absolute Gasteiger partial charge is 0.446 e. The average molecular weight is 350 g/mol. The molecule has 3 rings (SSSR count). The van der Waals surface area contributed by atoms with E-state index >= 15 is 0 Å². The van der Waals surface area contributed by atoms with Gasteiger partial charge in [0, 0.05) is 11.0 Å². The Hall–Kier alpha value is -1.66. The third-order valence-corrected chi connectivity index (χ3v) is 3.95. The maximum atomic E-state index is 12.1. The van der Waals surface area contributed by atoms with Crippen LogP contribution in [0.2, 0.25) is 0 Å². The van der Waals surface area contributed by atoms with Gasteiger partial charge in [-0.2, -0.15) is 0 Å². The fourth-order valence-corrected chi connectivity index (χ4v) is 2.81. The molecule has 1 unspecified atom stereocenters. The molecule has 0 saturated carbocycles. The summed E-state index contributed by atoms with van der Waals surface area (Å²) in [6.45, 7) is 1.43. The number of carbonyl (C=O) groups excluding carboxylic acids is 1. The van der Waals surface area contributed by atoms with Gasteiger partial charge in [-0.15, -0.1) is 0 Å².